The fourth-order valence-corrected chi connectivity index (χ4v) is 4.13. The van der Waals surface area contributed by atoms with E-state index in [1.54, 1.807) is 19.2 Å². The number of carboxylic acid groups (broad SMARTS) is 1. The standard InChI is InChI=1S/C29H30O7/c1-33-21-15-17-22(18-16-21)35-26-13-8-6-11-24(26)29-34-19-20(9-3-2-4-14-27(31)32)28(36-29)23-10-5-7-12-25(23)30/h2-3,5-8,10-13,15-18,20,28-30H,4,9,14,19H2,1H3,(H,31,32)/t20-,28+,29?/m1/s1. The summed E-state index contributed by atoms with van der Waals surface area (Å²) in [5.41, 5.74) is 1.42. The zero-order valence-electron chi connectivity index (χ0n) is 20.1. The number of hydrogen-bond donors (Lipinski definition) is 2. The molecule has 7 nitrogen and oxygen atoms in total. The average molecular weight is 491 g/mol. The number of carbonyl (C=O) groups is 1. The highest BCUT2D eigenvalue weighted by Crippen LogP contribution is 2.44. The predicted octanol–water partition coefficient (Wildman–Crippen LogP) is 6.41. The molecule has 3 aromatic carbocycles. The third-order valence-corrected chi connectivity index (χ3v) is 5.99. The minimum atomic E-state index is -0.825. The molecule has 1 fully saturated rings. The third-order valence-electron chi connectivity index (χ3n) is 5.99. The highest BCUT2D eigenvalue weighted by Gasteiger charge is 2.35. The molecule has 0 spiro atoms. The van der Waals surface area contributed by atoms with Gasteiger partial charge in [0, 0.05) is 17.9 Å². The molecular formula is C29H30O7. The molecule has 36 heavy (non-hydrogen) atoms. The van der Waals surface area contributed by atoms with Gasteiger partial charge in [-0.05, 0) is 49.2 Å². The van der Waals surface area contributed by atoms with Gasteiger partial charge in [0.05, 0.1) is 25.4 Å². The first-order valence-electron chi connectivity index (χ1n) is 11.9. The number of carboxylic acids is 1. The Morgan fingerprint density at radius 2 is 1.67 bits per heavy atom. The van der Waals surface area contributed by atoms with Crippen molar-refractivity contribution in [3.63, 3.8) is 0 Å². The Morgan fingerprint density at radius 1 is 0.972 bits per heavy atom. The first-order chi connectivity index (χ1) is 17.5. The minimum absolute atomic E-state index is 0.0645. The molecule has 0 saturated carbocycles. The fourth-order valence-electron chi connectivity index (χ4n) is 4.13. The van der Waals surface area contributed by atoms with Crippen molar-refractivity contribution >= 4 is 5.97 Å². The molecule has 1 aliphatic rings. The van der Waals surface area contributed by atoms with Crippen molar-refractivity contribution in [1.82, 2.24) is 0 Å². The number of aromatic hydroxyl groups is 1. The average Bonchev–Trinajstić information content (AvgIpc) is 2.89. The second-order valence-corrected chi connectivity index (χ2v) is 8.50. The summed E-state index contributed by atoms with van der Waals surface area (Å²) in [4.78, 5) is 10.8. The zero-order chi connectivity index (χ0) is 25.3. The van der Waals surface area contributed by atoms with Crippen LogP contribution in [-0.2, 0) is 14.3 Å². The lowest BCUT2D eigenvalue weighted by Gasteiger charge is -2.37. The molecule has 2 N–H and O–H groups in total. The molecule has 7 heteroatoms. The summed E-state index contributed by atoms with van der Waals surface area (Å²) in [5, 5.41) is 19.4. The van der Waals surface area contributed by atoms with Crippen molar-refractivity contribution in [2.45, 2.75) is 31.7 Å². The SMILES string of the molecule is COc1ccc(Oc2ccccc2C2OC[C@@H](CC=CCCC(=O)O)[C@@H](c3ccccc3O)O2)cc1. The first-order valence-corrected chi connectivity index (χ1v) is 11.9. The second kappa shape index (κ2) is 12.2. The number of phenols is 1. The molecule has 3 aromatic rings. The lowest BCUT2D eigenvalue weighted by Crippen LogP contribution is -2.30. The van der Waals surface area contributed by atoms with Crippen LogP contribution in [0.5, 0.6) is 23.0 Å². The Labute approximate surface area is 210 Å². The van der Waals surface area contributed by atoms with Gasteiger partial charge in [0.25, 0.3) is 0 Å². The third kappa shape index (κ3) is 6.44. The van der Waals surface area contributed by atoms with Gasteiger partial charge in [-0.2, -0.15) is 0 Å². The van der Waals surface area contributed by atoms with E-state index in [4.69, 9.17) is 24.1 Å². The topological polar surface area (TPSA) is 94.5 Å². The summed E-state index contributed by atoms with van der Waals surface area (Å²) < 4.78 is 24.0. The summed E-state index contributed by atoms with van der Waals surface area (Å²) in [6, 6.07) is 22.0. The van der Waals surface area contributed by atoms with Gasteiger partial charge in [-0.25, -0.2) is 0 Å². The van der Waals surface area contributed by atoms with Gasteiger partial charge in [0.15, 0.2) is 6.29 Å². The van der Waals surface area contributed by atoms with Crippen molar-refractivity contribution in [1.29, 1.82) is 0 Å². The molecule has 0 amide bonds. The Kier molecular flexibility index (Phi) is 8.60. The van der Waals surface area contributed by atoms with Crippen LogP contribution in [0.1, 0.15) is 42.8 Å². The lowest BCUT2D eigenvalue weighted by molar-refractivity contribution is -0.244. The Balaban J connectivity index is 1.54. The summed E-state index contributed by atoms with van der Waals surface area (Å²) in [6.07, 6.45) is 3.86. The van der Waals surface area contributed by atoms with Crippen molar-refractivity contribution in [3.8, 4) is 23.0 Å². The van der Waals surface area contributed by atoms with Crippen LogP contribution in [-0.4, -0.2) is 29.9 Å². The van der Waals surface area contributed by atoms with Gasteiger partial charge in [-0.3, -0.25) is 4.79 Å². The minimum Gasteiger partial charge on any atom is -0.508 e. The normalized spacial score (nSPS) is 19.8. The van der Waals surface area contributed by atoms with Crippen molar-refractivity contribution < 1.29 is 34.0 Å². The zero-order valence-corrected chi connectivity index (χ0v) is 20.1. The highest BCUT2D eigenvalue weighted by atomic mass is 16.7. The Hall–Kier alpha value is -3.81. The van der Waals surface area contributed by atoms with Crippen LogP contribution in [0.25, 0.3) is 0 Å². The number of phenolic OH excluding ortho intramolecular Hbond substituents is 1. The second-order valence-electron chi connectivity index (χ2n) is 8.50. The van der Waals surface area contributed by atoms with E-state index in [9.17, 15) is 9.90 Å². The van der Waals surface area contributed by atoms with Crippen LogP contribution in [0.3, 0.4) is 0 Å². The summed E-state index contributed by atoms with van der Waals surface area (Å²) in [7, 11) is 1.61. The molecule has 3 atom stereocenters. The van der Waals surface area contributed by atoms with Gasteiger partial charge in [0.2, 0.25) is 0 Å². The monoisotopic (exact) mass is 490 g/mol. The maximum Gasteiger partial charge on any atom is 0.303 e. The van der Waals surface area contributed by atoms with Crippen LogP contribution in [0, 0.1) is 5.92 Å². The summed E-state index contributed by atoms with van der Waals surface area (Å²) in [6.45, 7) is 0.393. The van der Waals surface area contributed by atoms with Gasteiger partial charge < -0.3 is 29.2 Å². The Morgan fingerprint density at radius 3 is 2.39 bits per heavy atom. The molecule has 0 radical (unpaired) electrons. The molecule has 0 aromatic heterocycles. The number of ether oxygens (including phenoxy) is 4. The summed E-state index contributed by atoms with van der Waals surface area (Å²) >= 11 is 0. The van der Waals surface area contributed by atoms with Crippen LogP contribution >= 0.6 is 0 Å². The van der Waals surface area contributed by atoms with E-state index in [1.165, 1.54) is 0 Å². The van der Waals surface area contributed by atoms with Gasteiger partial charge in [-0.1, -0.05) is 48.6 Å². The molecule has 0 bridgehead atoms. The molecule has 1 aliphatic heterocycles. The van der Waals surface area contributed by atoms with Crippen molar-refractivity contribution in [2.24, 2.45) is 5.92 Å². The van der Waals surface area contributed by atoms with E-state index in [0.717, 1.165) is 11.3 Å². The van der Waals surface area contributed by atoms with E-state index < -0.39 is 18.4 Å². The highest BCUT2D eigenvalue weighted by molar-refractivity contribution is 5.66. The molecule has 0 aliphatic carbocycles. The number of para-hydroxylation sites is 2. The van der Waals surface area contributed by atoms with E-state index in [-0.39, 0.29) is 18.1 Å². The number of rotatable bonds is 10. The number of hydrogen-bond acceptors (Lipinski definition) is 6. The quantitative estimate of drug-likeness (QED) is 0.317. The van der Waals surface area contributed by atoms with Crippen molar-refractivity contribution in [3.05, 3.63) is 96.1 Å². The van der Waals surface area contributed by atoms with Gasteiger partial charge in [0.1, 0.15) is 23.0 Å². The molecule has 1 saturated heterocycles. The number of methoxy groups -OCH3 is 1. The molecule has 1 unspecified atom stereocenters. The smallest absolute Gasteiger partial charge is 0.303 e. The molecule has 188 valence electrons. The molecule has 4 rings (SSSR count). The van der Waals surface area contributed by atoms with E-state index in [0.29, 0.717) is 36.5 Å². The van der Waals surface area contributed by atoms with Crippen LogP contribution < -0.4 is 9.47 Å². The number of allylic oxidation sites excluding steroid dienone is 2. The number of benzene rings is 3. The lowest BCUT2D eigenvalue weighted by atomic mass is 9.91. The maximum atomic E-state index is 10.8. The van der Waals surface area contributed by atoms with E-state index >= 15 is 0 Å². The van der Waals surface area contributed by atoms with Gasteiger partial charge >= 0.3 is 5.97 Å². The fraction of sp³-hybridized carbons (Fsp3) is 0.276. The van der Waals surface area contributed by atoms with Crippen molar-refractivity contribution in [2.75, 3.05) is 13.7 Å². The van der Waals surface area contributed by atoms with Crippen LogP contribution in [0.4, 0.5) is 0 Å². The molecular weight excluding hydrogens is 460 g/mol. The molecule has 1 heterocycles. The van der Waals surface area contributed by atoms with E-state index in [1.807, 2.05) is 72.8 Å². The van der Waals surface area contributed by atoms with Crippen LogP contribution in [0.2, 0.25) is 0 Å². The van der Waals surface area contributed by atoms with E-state index in [2.05, 4.69) is 0 Å². The largest absolute Gasteiger partial charge is 0.508 e. The predicted molar refractivity (Wildman–Crippen MR) is 134 cm³/mol. The van der Waals surface area contributed by atoms with Gasteiger partial charge in [-0.15, -0.1) is 0 Å². The number of aliphatic carboxylic acids is 1. The summed E-state index contributed by atoms with van der Waals surface area (Å²) in [5.74, 6) is 1.27. The maximum absolute atomic E-state index is 10.8. The van der Waals surface area contributed by atoms with Crippen LogP contribution in [0.15, 0.2) is 84.9 Å². The Bertz CT molecular complexity index is 1170. The first kappa shape index (κ1) is 25.3.